The fraction of sp³-hybridized carbons (Fsp3) is 0.474. The summed E-state index contributed by atoms with van der Waals surface area (Å²) >= 11 is 0.900. The Morgan fingerprint density at radius 1 is 1.13 bits per heavy atom. The fourth-order valence-electron chi connectivity index (χ4n) is 3.48. The second kappa shape index (κ2) is 9.60. The number of amides is 2. The molecule has 1 saturated heterocycles. The number of likely N-dealkylation sites (tertiary alicyclic amines) is 1. The molecular weight excluding hydrogens is 442 g/mol. The highest BCUT2D eigenvalue weighted by Crippen LogP contribution is 2.24. The van der Waals surface area contributed by atoms with Crippen LogP contribution in [0.4, 0.5) is 10.3 Å². The number of aromatic nitrogens is 2. The van der Waals surface area contributed by atoms with Crippen molar-refractivity contribution in [1.29, 1.82) is 0 Å². The number of rotatable bonds is 7. The largest absolute Gasteiger partial charge is 0.484 e. The van der Waals surface area contributed by atoms with Crippen molar-refractivity contribution in [3.8, 4) is 5.75 Å². The summed E-state index contributed by atoms with van der Waals surface area (Å²) in [6, 6.07) is 6.78. The van der Waals surface area contributed by atoms with E-state index >= 15 is 0 Å². The summed E-state index contributed by atoms with van der Waals surface area (Å²) in [6.45, 7) is 4.05. The van der Waals surface area contributed by atoms with Gasteiger partial charge in [-0.1, -0.05) is 11.3 Å². The molecule has 3 rings (SSSR count). The zero-order chi connectivity index (χ0) is 22.6. The standard InChI is InChI=1S/C19H25N5O5S2/c1-12-5-4-6-13(2)24(12)16(25)11-29-15-9-7-14(8-10-15)17(26)20-18-21-22-19(30-18)23-31(3,27)28/h7-10,12-13H,4-6,11H2,1-3H3,(H,22,23)(H,20,21,26). The Morgan fingerprint density at radius 3 is 2.35 bits per heavy atom. The van der Waals surface area contributed by atoms with Crippen LogP contribution < -0.4 is 14.8 Å². The number of nitrogens with zero attached hydrogens (tertiary/aromatic N) is 3. The van der Waals surface area contributed by atoms with Gasteiger partial charge in [0.15, 0.2) is 6.61 Å². The van der Waals surface area contributed by atoms with Crippen molar-refractivity contribution in [3.05, 3.63) is 29.8 Å². The van der Waals surface area contributed by atoms with Gasteiger partial charge < -0.3 is 9.64 Å². The van der Waals surface area contributed by atoms with Crippen LogP contribution in [0, 0.1) is 0 Å². The molecular formula is C19H25N5O5S2. The number of ether oxygens (including phenoxy) is 1. The highest BCUT2D eigenvalue weighted by molar-refractivity contribution is 7.92. The molecule has 0 radical (unpaired) electrons. The first kappa shape index (κ1) is 22.9. The van der Waals surface area contributed by atoms with Crippen LogP contribution in [0.3, 0.4) is 0 Å². The molecule has 1 aromatic heterocycles. The summed E-state index contributed by atoms with van der Waals surface area (Å²) < 4.78 is 30.2. The molecule has 2 N–H and O–H groups in total. The van der Waals surface area contributed by atoms with E-state index in [1.807, 2.05) is 4.90 Å². The molecule has 1 fully saturated rings. The summed E-state index contributed by atoms with van der Waals surface area (Å²) in [7, 11) is -3.47. The van der Waals surface area contributed by atoms with E-state index < -0.39 is 15.9 Å². The maximum atomic E-state index is 12.5. The van der Waals surface area contributed by atoms with Crippen molar-refractivity contribution in [2.45, 2.75) is 45.2 Å². The van der Waals surface area contributed by atoms with Crippen LogP contribution in [0.15, 0.2) is 24.3 Å². The fourth-order valence-corrected chi connectivity index (χ4v) is 4.95. The number of carbonyl (C=O) groups is 2. The summed E-state index contributed by atoms with van der Waals surface area (Å²) in [5, 5.41) is 10.2. The van der Waals surface area contributed by atoms with Crippen LogP contribution >= 0.6 is 11.3 Å². The highest BCUT2D eigenvalue weighted by atomic mass is 32.2. The van der Waals surface area contributed by atoms with Crippen LogP contribution in [0.2, 0.25) is 0 Å². The van der Waals surface area contributed by atoms with Gasteiger partial charge in [-0.25, -0.2) is 8.42 Å². The lowest BCUT2D eigenvalue weighted by molar-refractivity contribution is -0.139. The Bertz CT molecular complexity index is 1030. The van der Waals surface area contributed by atoms with Gasteiger partial charge in [0.2, 0.25) is 20.3 Å². The van der Waals surface area contributed by atoms with Gasteiger partial charge in [0.1, 0.15) is 5.75 Å². The lowest BCUT2D eigenvalue weighted by Gasteiger charge is -2.38. The van der Waals surface area contributed by atoms with E-state index in [2.05, 4.69) is 34.1 Å². The number of hydrogen-bond acceptors (Lipinski definition) is 8. The number of benzene rings is 1. The summed E-state index contributed by atoms with van der Waals surface area (Å²) in [5.74, 6) is 0.00899. The first-order valence-corrected chi connectivity index (χ1v) is 12.5. The van der Waals surface area contributed by atoms with Gasteiger partial charge >= 0.3 is 0 Å². The number of nitrogens with one attached hydrogen (secondary N) is 2. The predicted octanol–water partition coefficient (Wildman–Crippen LogP) is 2.33. The van der Waals surface area contributed by atoms with Crippen molar-refractivity contribution < 1.29 is 22.7 Å². The zero-order valence-corrected chi connectivity index (χ0v) is 19.1. The number of hydrogen-bond donors (Lipinski definition) is 2. The van der Waals surface area contributed by atoms with Crippen LogP contribution in [0.1, 0.15) is 43.5 Å². The van der Waals surface area contributed by atoms with Crippen LogP contribution in [0.25, 0.3) is 0 Å². The number of piperidine rings is 1. The van der Waals surface area contributed by atoms with E-state index in [0.717, 1.165) is 36.9 Å². The van der Waals surface area contributed by atoms with Crippen molar-refractivity contribution in [3.63, 3.8) is 0 Å². The Hall–Kier alpha value is -2.73. The third-order valence-electron chi connectivity index (χ3n) is 4.88. The Kier molecular flexibility index (Phi) is 7.11. The molecule has 1 aliphatic heterocycles. The highest BCUT2D eigenvalue weighted by Gasteiger charge is 2.29. The Balaban J connectivity index is 1.53. The average Bonchev–Trinajstić information content (AvgIpc) is 3.11. The molecule has 0 aliphatic carbocycles. The molecule has 0 saturated carbocycles. The van der Waals surface area contributed by atoms with Gasteiger partial charge in [0, 0.05) is 17.6 Å². The SMILES string of the molecule is CC1CCCC(C)N1C(=O)COc1ccc(C(=O)Nc2nnc(NS(C)(=O)=O)s2)cc1. The molecule has 2 aromatic rings. The average molecular weight is 468 g/mol. The Morgan fingerprint density at radius 2 is 1.74 bits per heavy atom. The molecule has 2 heterocycles. The zero-order valence-electron chi connectivity index (χ0n) is 17.5. The second-order valence-electron chi connectivity index (χ2n) is 7.48. The molecule has 2 amide bonds. The molecule has 168 valence electrons. The van der Waals surface area contributed by atoms with Gasteiger partial charge in [-0.15, -0.1) is 10.2 Å². The normalized spacial score (nSPS) is 19.0. The van der Waals surface area contributed by atoms with E-state index in [-0.39, 0.29) is 34.9 Å². The third-order valence-corrected chi connectivity index (χ3v) is 6.33. The van der Waals surface area contributed by atoms with Crippen molar-refractivity contribution in [2.24, 2.45) is 0 Å². The van der Waals surface area contributed by atoms with E-state index in [1.165, 1.54) is 0 Å². The van der Waals surface area contributed by atoms with E-state index in [0.29, 0.717) is 11.3 Å². The number of carbonyl (C=O) groups excluding carboxylic acids is 2. The molecule has 2 atom stereocenters. The molecule has 0 spiro atoms. The lowest BCUT2D eigenvalue weighted by Crippen LogP contribution is -2.49. The quantitative estimate of drug-likeness (QED) is 0.639. The second-order valence-corrected chi connectivity index (χ2v) is 10.2. The monoisotopic (exact) mass is 467 g/mol. The van der Waals surface area contributed by atoms with Crippen molar-refractivity contribution in [2.75, 3.05) is 22.9 Å². The summed E-state index contributed by atoms with van der Waals surface area (Å²) in [5.41, 5.74) is 0.352. The van der Waals surface area contributed by atoms with Crippen molar-refractivity contribution >= 4 is 43.4 Å². The summed E-state index contributed by atoms with van der Waals surface area (Å²) in [6.07, 6.45) is 4.13. The first-order valence-electron chi connectivity index (χ1n) is 9.79. The maximum Gasteiger partial charge on any atom is 0.260 e. The van der Waals surface area contributed by atoms with Crippen LogP contribution in [-0.4, -0.2) is 60.3 Å². The topological polar surface area (TPSA) is 131 Å². The first-order chi connectivity index (χ1) is 14.6. The maximum absolute atomic E-state index is 12.5. The van der Waals surface area contributed by atoms with E-state index in [1.54, 1.807) is 24.3 Å². The predicted molar refractivity (Wildman–Crippen MR) is 118 cm³/mol. The smallest absolute Gasteiger partial charge is 0.260 e. The third kappa shape index (κ3) is 6.37. The van der Waals surface area contributed by atoms with Gasteiger partial charge in [-0.3, -0.25) is 19.6 Å². The van der Waals surface area contributed by atoms with Gasteiger partial charge in [-0.05, 0) is 57.4 Å². The van der Waals surface area contributed by atoms with Crippen LogP contribution in [0.5, 0.6) is 5.75 Å². The minimum atomic E-state index is -3.47. The minimum absolute atomic E-state index is 0.0451. The molecule has 1 aliphatic rings. The molecule has 10 nitrogen and oxygen atoms in total. The number of sulfonamides is 1. The van der Waals surface area contributed by atoms with Gasteiger partial charge in [0.25, 0.3) is 11.8 Å². The summed E-state index contributed by atoms with van der Waals surface area (Å²) in [4.78, 5) is 26.8. The molecule has 1 aromatic carbocycles. The molecule has 31 heavy (non-hydrogen) atoms. The van der Waals surface area contributed by atoms with Crippen LogP contribution in [-0.2, 0) is 14.8 Å². The van der Waals surface area contributed by atoms with E-state index in [4.69, 9.17) is 4.74 Å². The number of anilines is 2. The van der Waals surface area contributed by atoms with Crippen molar-refractivity contribution in [1.82, 2.24) is 15.1 Å². The van der Waals surface area contributed by atoms with E-state index in [9.17, 15) is 18.0 Å². The minimum Gasteiger partial charge on any atom is -0.484 e. The van der Waals surface area contributed by atoms with Gasteiger partial charge in [-0.2, -0.15) is 0 Å². The lowest BCUT2D eigenvalue weighted by atomic mass is 9.97. The molecule has 12 heteroatoms. The Labute approximate surface area is 185 Å². The molecule has 2 unspecified atom stereocenters. The van der Waals surface area contributed by atoms with Gasteiger partial charge in [0.05, 0.1) is 6.26 Å². The molecule has 0 bridgehead atoms.